The summed E-state index contributed by atoms with van der Waals surface area (Å²) < 4.78 is 10.4. The highest BCUT2D eigenvalue weighted by atomic mass is 16.5. The SMILES string of the molecule is COc1ccc(C(=O)CCN2CCCC2CC(=O)O)cc1OC. The van der Waals surface area contributed by atoms with Crippen LogP contribution >= 0.6 is 0 Å². The van der Waals surface area contributed by atoms with E-state index in [0.29, 0.717) is 30.0 Å². The van der Waals surface area contributed by atoms with E-state index in [0.717, 1.165) is 19.4 Å². The first-order chi connectivity index (χ1) is 11.0. The van der Waals surface area contributed by atoms with E-state index >= 15 is 0 Å². The molecule has 1 N–H and O–H groups in total. The molecule has 23 heavy (non-hydrogen) atoms. The summed E-state index contributed by atoms with van der Waals surface area (Å²) in [5.74, 6) is 0.355. The molecule has 1 atom stereocenters. The van der Waals surface area contributed by atoms with Crippen LogP contribution in [0.2, 0.25) is 0 Å². The molecule has 0 amide bonds. The van der Waals surface area contributed by atoms with Crippen LogP contribution < -0.4 is 9.47 Å². The zero-order valence-electron chi connectivity index (χ0n) is 13.6. The van der Waals surface area contributed by atoms with Crippen LogP contribution in [-0.4, -0.2) is 55.1 Å². The summed E-state index contributed by atoms with van der Waals surface area (Å²) in [4.78, 5) is 25.3. The molecule has 0 radical (unpaired) electrons. The molecule has 0 bridgehead atoms. The average molecular weight is 321 g/mol. The van der Waals surface area contributed by atoms with Crippen molar-refractivity contribution in [2.24, 2.45) is 0 Å². The number of benzene rings is 1. The first kappa shape index (κ1) is 17.3. The fourth-order valence-electron chi connectivity index (χ4n) is 3.02. The van der Waals surface area contributed by atoms with Gasteiger partial charge >= 0.3 is 5.97 Å². The van der Waals surface area contributed by atoms with Gasteiger partial charge in [0.2, 0.25) is 0 Å². The number of ketones is 1. The lowest BCUT2D eigenvalue weighted by Gasteiger charge is -2.22. The van der Waals surface area contributed by atoms with Crippen molar-refractivity contribution < 1.29 is 24.2 Å². The molecule has 0 aromatic heterocycles. The standard InChI is InChI=1S/C17H23NO5/c1-22-15-6-5-12(10-16(15)23-2)14(19)7-9-18-8-3-4-13(18)11-17(20)21/h5-6,10,13H,3-4,7-9,11H2,1-2H3,(H,20,21). The number of hydrogen-bond acceptors (Lipinski definition) is 5. The van der Waals surface area contributed by atoms with Crippen molar-refractivity contribution in [2.45, 2.75) is 31.7 Å². The number of Topliss-reactive ketones (excluding diaryl/α,β-unsaturated/α-hetero) is 1. The Labute approximate surface area is 136 Å². The van der Waals surface area contributed by atoms with Gasteiger partial charge in [0.15, 0.2) is 17.3 Å². The third kappa shape index (κ3) is 4.45. The highest BCUT2D eigenvalue weighted by molar-refractivity contribution is 5.96. The number of carboxylic acids is 1. The maximum Gasteiger partial charge on any atom is 0.304 e. The molecule has 2 rings (SSSR count). The predicted molar refractivity (Wildman–Crippen MR) is 85.3 cm³/mol. The molecular weight excluding hydrogens is 298 g/mol. The van der Waals surface area contributed by atoms with Gasteiger partial charge in [-0.15, -0.1) is 0 Å². The van der Waals surface area contributed by atoms with Crippen LogP contribution in [0.25, 0.3) is 0 Å². The molecule has 1 aliphatic heterocycles. The summed E-state index contributed by atoms with van der Waals surface area (Å²) in [6.45, 7) is 1.45. The minimum atomic E-state index is -0.784. The summed E-state index contributed by atoms with van der Waals surface area (Å²) in [6, 6.07) is 5.17. The van der Waals surface area contributed by atoms with Crippen molar-refractivity contribution in [1.29, 1.82) is 0 Å². The minimum absolute atomic E-state index is 0.0203. The molecule has 1 aromatic carbocycles. The van der Waals surface area contributed by atoms with Crippen molar-refractivity contribution >= 4 is 11.8 Å². The molecule has 1 saturated heterocycles. The number of likely N-dealkylation sites (tertiary alicyclic amines) is 1. The van der Waals surface area contributed by atoms with Gasteiger partial charge in [0.05, 0.1) is 20.6 Å². The van der Waals surface area contributed by atoms with E-state index in [1.165, 1.54) is 7.11 Å². The highest BCUT2D eigenvalue weighted by Gasteiger charge is 2.26. The molecular formula is C17H23NO5. The second-order valence-corrected chi connectivity index (χ2v) is 5.67. The Morgan fingerprint density at radius 1 is 1.26 bits per heavy atom. The fourth-order valence-corrected chi connectivity index (χ4v) is 3.02. The number of ether oxygens (including phenoxy) is 2. The third-order valence-electron chi connectivity index (χ3n) is 4.24. The van der Waals surface area contributed by atoms with Crippen LogP contribution in [-0.2, 0) is 4.79 Å². The van der Waals surface area contributed by atoms with E-state index in [1.54, 1.807) is 25.3 Å². The van der Waals surface area contributed by atoms with Crippen LogP contribution in [0.1, 0.15) is 36.0 Å². The molecule has 0 spiro atoms. The molecule has 126 valence electrons. The molecule has 1 aromatic rings. The number of carboxylic acid groups (broad SMARTS) is 1. The summed E-state index contributed by atoms with van der Waals surface area (Å²) in [5, 5.41) is 8.93. The quantitative estimate of drug-likeness (QED) is 0.740. The number of hydrogen-bond donors (Lipinski definition) is 1. The lowest BCUT2D eigenvalue weighted by Crippen LogP contribution is -2.33. The van der Waals surface area contributed by atoms with Crippen LogP contribution in [0.15, 0.2) is 18.2 Å². The van der Waals surface area contributed by atoms with Gasteiger partial charge in [0, 0.05) is 24.6 Å². The Hall–Kier alpha value is -2.08. The summed E-state index contributed by atoms with van der Waals surface area (Å²) in [5.41, 5.74) is 0.580. The van der Waals surface area contributed by atoms with Crippen molar-refractivity contribution in [3.05, 3.63) is 23.8 Å². The first-order valence-electron chi connectivity index (χ1n) is 7.76. The number of rotatable bonds is 8. The molecule has 6 nitrogen and oxygen atoms in total. The molecule has 0 saturated carbocycles. The number of methoxy groups -OCH3 is 2. The number of nitrogens with zero attached hydrogens (tertiary/aromatic N) is 1. The Morgan fingerprint density at radius 2 is 2.00 bits per heavy atom. The lowest BCUT2D eigenvalue weighted by atomic mass is 10.1. The smallest absolute Gasteiger partial charge is 0.304 e. The van der Waals surface area contributed by atoms with Crippen molar-refractivity contribution in [3.63, 3.8) is 0 Å². The molecule has 1 heterocycles. The number of carbonyl (C=O) groups is 2. The molecule has 1 unspecified atom stereocenters. The van der Waals surface area contributed by atoms with Gasteiger partial charge in [0.1, 0.15) is 0 Å². The highest BCUT2D eigenvalue weighted by Crippen LogP contribution is 2.28. The second kappa shape index (κ2) is 7.97. The summed E-state index contributed by atoms with van der Waals surface area (Å²) >= 11 is 0. The third-order valence-corrected chi connectivity index (χ3v) is 4.24. The van der Waals surface area contributed by atoms with E-state index in [1.807, 2.05) is 0 Å². The van der Waals surface area contributed by atoms with E-state index in [2.05, 4.69) is 4.90 Å². The average Bonchev–Trinajstić information content (AvgIpc) is 2.98. The van der Waals surface area contributed by atoms with Crippen molar-refractivity contribution in [2.75, 3.05) is 27.3 Å². The van der Waals surface area contributed by atoms with Gasteiger partial charge in [-0.25, -0.2) is 0 Å². The fraction of sp³-hybridized carbons (Fsp3) is 0.529. The Balaban J connectivity index is 1.95. The van der Waals surface area contributed by atoms with E-state index in [4.69, 9.17) is 14.6 Å². The first-order valence-corrected chi connectivity index (χ1v) is 7.76. The van der Waals surface area contributed by atoms with Crippen molar-refractivity contribution in [1.82, 2.24) is 4.90 Å². The van der Waals surface area contributed by atoms with Crippen LogP contribution in [0.5, 0.6) is 11.5 Å². The lowest BCUT2D eigenvalue weighted by molar-refractivity contribution is -0.138. The summed E-state index contributed by atoms with van der Waals surface area (Å²) in [7, 11) is 3.09. The van der Waals surface area contributed by atoms with Gasteiger partial charge in [-0.05, 0) is 37.6 Å². The Bertz CT molecular complexity index is 572. The van der Waals surface area contributed by atoms with Gasteiger partial charge in [-0.3, -0.25) is 14.5 Å². The van der Waals surface area contributed by atoms with Gasteiger partial charge < -0.3 is 14.6 Å². The van der Waals surface area contributed by atoms with Crippen LogP contribution in [0, 0.1) is 0 Å². The number of aliphatic carboxylic acids is 1. The summed E-state index contributed by atoms with van der Waals surface area (Å²) in [6.07, 6.45) is 2.38. The van der Waals surface area contributed by atoms with Gasteiger partial charge in [0.25, 0.3) is 0 Å². The maximum atomic E-state index is 12.4. The predicted octanol–water partition coefficient (Wildman–Crippen LogP) is 2.22. The Morgan fingerprint density at radius 3 is 2.65 bits per heavy atom. The molecule has 0 aliphatic carbocycles. The maximum absolute atomic E-state index is 12.4. The zero-order valence-corrected chi connectivity index (χ0v) is 13.6. The van der Waals surface area contributed by atoms with Gasteiger partial charge in [-0.1, -0.05) is 0 Å². The Kier molecular flexibility index (Phi) is 5.98. The van der Waals surface area contributed by atoms with E-state index in [-0.39, 0.29) is 18.2 Å². The van der Waals surface area contributed by atoms with Crippen molar-refractivity contribution in [3.8, 4) is 11.5 Å². The van der Waals surface area contributed by atoms with Crippen LogP contribution in [0.4, 0.5) is 0 Å². The molecule has 6 heteroatoms. The molecule has 1 aliphatic rings. The van der Waals surface area contributed by atoms with Crippen LogP contribution in [0.3, 0.4) is 0 Å². The largest absolute Gasteiger partial charge is 0.493 e. The monoisotopic (exact) mass is 321 g/mol. The molecule has 1 fully saturated rings. The van der Waals surface area contributed by atoms with Gasteiger partial charge in [-0.2, -0.15) is 0 Å². The topological polar surface area (TPSA) is 76.1 Å². The minimum Gasteiger partial charge on any atom is -0.493 e. The van der Waals surface area contributed by atoms with E-state index < -0.39 is 5.97 Å². The normalized spacial score (nSPS) is 17.9. The zero-order chi connectivity index (χ0) is 16.8. The van der Waals surface area contributed by atoms with E-state index in [9.17, 15) is 9.59 Å². The second-order valence-electron chi connectivity index (χ2n) is 5.67. The number of carbonyl (C=O) groups excluding carboxylic acids is 1.